The van der Waals surface area contributed by atoms with E-state index in [0.29, 0.717) is 0 Å². The number of sulfone groups is 1. The lowest BCUT2D eigenvalue weighted by atomic mass is 10.2. The van der Waals surface area contributed by atoms with Gasteiger partial charge in [-0.2, -0.15) is 13.2 Å². The Labute approximate surface area is 120 Å². The second-order valence-electron chi connectivity index (χ2n) is 4.29. The van der Waals surface area contributed by atoms with Crippen LogP contribution in [0.3, 0.4) is 0 Å². The number of nitrogens with one attached hydrogen (secondary N) is 1. The van der Waals surface area contributed by atoms with Gasteiger partial charge in [-0.05, 0) is 24.3 Å². The Morgan fingerprint density at radius 3 is 2.29 bits per heavy atom. The first kappa shape index (κ1) is 17.3. The molecule has 1 N–H and O–H groups in total. The molecule has 9 heteroatoms. The summed E-state index contributed by atoms with van der Waals surface area (Å²) < 4.78 is 63.6. The molecule has 1 amide bonds. The zero-order valence-electron chi connectivity index (χ0n) is 11.1. The van der Waals surface area contributed by atoms with Crippen molar-refractivity contribution in [1.29, 1.82) is 0 Å². The van der Waals surface area contributed by atoms with Crippen molar-refractivity contribution in [3.05, 3.63) is 29.8 Å². The molecule has 0 saturated carbocycles. The van der Waals surface area contributed by atoms with Crippen LogP contribution >= 0.6 is 0 Å². The van der Waals surface area contributed by atoms with Gasteiger partial charge >= 0.3 is 6.18 Å². The molecule has 1 aromatic rings. The zero-order chi connectivity index (χ0) is 16.1. The van der Waals surface area contributed by atoms with Gasteiger partial charge in [0.25, 0.3) is 5.91 Å². The molecule has 0 aliphatic rings. The van der Waals surface area contributed by atoms with Gasteiger partial charge < -0.3 is 10.1 Å². The van der Waals surface area contributed by atoms with Crippen molar-refractivity contribution in [2.45, 2.75) is 6.18 Å². The van der Waals surface area contributed by atoms with Crippen molar-refractivity contribution in [3.8, 4) is 5.75 Å². The molecular weight excluding hydrogens is 311 g/mol. The maximum Gasteiger partial charge on any atom is 0.416 e. The lowest BCUT2D eigenvalue weighted by molar-refractivity contribution is -0.137. The molecule has 0 saturated heterocycles. The Morgan fingerprint density at radius 1 is 1.24 bits per heavy atom. The second-order valence-corrected chi connectivity index (χ2v) is 6.55. The molecule has 1 rings (SSSR count). The summed E-state index contributed by atoms with van der Waals surface area (Å²) in [5.74, 6) is -0.640. The molecule has 0 fully saturated rings. The van der Waals surface area contributed by atoms with Crippen LogP contribution in [0.4, 0.5) is 13.2 Å². The molecule has 0 aromatic heterocycles. The van der Waals surface area contributed by atoms with Gasteiger partial charge in [-0.25, -0.2) is 8.42 Å². The fourth-order valence-electron chi connectivity index (χ4n) is 1.32. The predicted octanol–water partition coefficient (Wildman–Crippen LogP) is 1.25. The maximum absolute atomic E-state index is 12.3. The topological polar surface area (TPSA) is 72.5 Å². The minimum absolute atomic E-state index is 0.0476. The van der Waals surface area contributed by atoms with E-state index in [1.807, 2.05) is 0 Å². The fraction of sp³-hybridized carbons (Fsp3) is 0.417. The normalized spacial score (nSPS) is 12.0. The zero-order valence-corrected chi connectivity index (χ0v) is 11.9. The molecule has 21 heavy (non-hydrogen) atoms. The van der Waals surface area contributed by atoms with E-state index >= 15 is 0 Å². The first-order valence-electron chi connectivity index (χ1n) is 5.82. The largest absolute Gasteiger partial charge is 0.484 e. The summed E-state index contributed by atoms with van der Waals surface area (Å²) in [5, 5.41) is 2.32. The summed E-state index contributed by atoms with van der Waals surface area (Å²) in [6.45, 7) is -0.455. The van der Waals surface area contributed by atoms with Gasteiger partial charge in [-0.1, -0.05) is 0 Å². The van der Waals surface area contributed by atoms with Crippen LogP contribution in [0.15, 0.2) is 24.3 Å². The third-order valence-corrected chi connectivity index (χ3v) is 3.29. The highest BCUT2D eigenvalue weighted by Gasteiger charge is 2.30. The first-order valence-corrected chi connectivity index (χ1v) is 7.88. The Bertz CT molecular complexity index is 582. The average Bonchev–Trinajstić information content (AvgIpc) is 2.34. The molecule has 0 unspecified atom stereocenters. The van der Waals surface area contributed by atoms with Crippen LogP contribution in [-0.4, -0.2) is 39.5 Å². The summed E-state index contributed by atoms with van der Waals surface area (Å²) in [6.07, 6.45) is -3.39. The molecule has 0 radical (unpaired) electrons. The van der Waals surface area contributed by atoms with Crippen LogP contribution in [0, 0.1) is 0 Å². The van der Waals surface area contributed by atoms with E-state index in [9.17, 15) is 26.4 Å². The van der Waals surface area contributed by atoms with E-state index in [1.54, 1.807) is 0 Å². The standard InChI is InChI=1S/C12H14F3NO4S/c1-21(18,19)7-6-16-11(17)8-20-10-4-2-9(3-5-10)12(13,14)15/h2-5H,6-8H2,1H3,(H,16,17). The minimum Gasteiger partial charge on any atom is -0.484 e. The number of halogens is 3. The highest BCUT2D eigenvalue weighted by atomic mass is 32.2. The quantitative estimate of drug-likeness (QED) is 0.854. The number of hydrogen-bond donors (Lipinski definition) is 1. The van der Waals surface area contributed by atoms with Gasteiger partial charge in [-0.15, -0.1) is 0 Å². The van der Waals surface area contributed by atoms with E-state index in [0.717, 1.165) is 30.5 Å². The van der Waals surface area contributed by atoms with E-state index in [4.69, 9.17) is 4.74 Å². The molecule has 5 nitrogen and oxygen atoms in total. The van der Waals surface area contributed by atoms with Gasteiger partial charge in [0.05, 0.1) is 11.3 Å². The lowest BCUT2D eigenvalue weighted by Gasteiger charge is -2.09. The highest BCUT2D eigenvalue weighted by molar-refractivity contribution is 7.90. The fourth-order valence-corrected chi connectivity index (χ4v) is 1.79. The number of amides is 1. The van der Waals surface area contributed by atoms with Crippen LogP contribution in [-0.2, 0) is 20.8 Å². The van der Waals surface area contributed by atoms with E-state index in [2.05, 4.69) is 5.32 Å². The molecule has 0 bridgehead atoms. The van der Waals surface area contributed by atoms with Crippen molar-refractivity contribution in [3.63, 3.8) is 0 Å². The van der Waals surface area contributed by atoms with Crippen molar-refractivity contribution in [2.24, 2.45) is 0 Å². The van der Waals surface area contributed by atoms with Gasteiger partial charge in [0.1, 0.15) is 15.6 Å². The maximum atomic E-state index is 12.3. The summed E-state index contributed by atoms with van der Waals surface area (Å²) in [6, 6.07) is 3.90. The molecule has 118 valence electrons. The Morgan fingerprint density at radius 2 is 1.81 bits per heavy atom. The summed E-state index contributed by atoms with van der Waals surface area (Å²) in [5.41, 5.74) is -0.813. The third kappa shape index (κ3) is 6.98. The van der Waals surface area contributed by atoms with Gasteiger partial charge in [0, 0.05) is 12.8 Å². The lowest BCUT2D eigenvalue weighted by Crippen LogP contribution is -2.32. The van der Waals surface area contributed by atoms with E-state index < -0.39 is 34.1 Å². The van der Waals surface area contributed by atoms with Crippen LogP contribution in [0.5, 0.6) is 5.75 Å². The molecule has 1 aromatic carbocycles. The van der Waals surface area contributed by atoms with Gasteiger partial charge in [0.15, 0.2) is 6.61 Å². The van der Waals surface area contributed by atoms with Crippen LogP contribution in [0.25, 0.3) is 0 Å². The first-order chi connectivity index (χ1) is 9.58. The molecule has 0 spiro atoms. The predicted molar refractivity (Wildman–Crippen MR) is 69.7 cm³/mol. The van der Waals surface area contributed by atoms with Crippen molar-refractivity contribution < 1.29 is 31.1 Å². The van der Waals surface area contributed by atoms with Crippen LogP contribution in [0.1, 0.15) is 5.56 Å². The third-order valence-electron chi connectivity index (χ3n) is 2.35. The Balaban J connectivity index is 2.40. The number of carbonyl (C=O) groups is 1. The number of benzene rings is 1. The van der Waals surface area contributed by atoms with Crippen molar-refractivity contribution >= 4 is 15.7 Å². The van der Waals surface area contributed by atoms with Crippen molar-refractivity contribution in [2.75, 3.05) is 25.2 Å². The highest BCUT2D eigenvalue weighted by Crippen LogP contribution is 2.30. The molecular formula is C12H14F3NO4S. The average molecular weight is 325 g/mol. The summed E-state index contributed by atoms with van der Waals surface area (Å²) in [7, 11) is -3.17. The minimum atomic E-state index is -4.43. The number of hydrogen-bond acceptors (Lipinski definition) is 4. The summed E-state index contributed by atoms with van der Waals surface area (Å²) >= 11 is 0. The van der Waals surface area contributed by atoms with E-state index in [-0.39, 0.29) is 18.0 Å². The van der Waals surface area contributed by atoms with E-state index in [1.165, 1.54) is 0 Å². The van der Waals surface area contributed by atoms with Crippen molar-refractivity contribution in [1.82, 2.24) is 5.32 Å². The molecule has 0 aliphatic carbocycles. The number of rotatable bonds is 6. The number of carbonyl (C=O) groups excluding carboxylic acids is 1. The smallest absolute Gasteiger partial charge is 0.416 e. The number of ether oxygens (including phenoxy) is 1. The van der Waals surface area contributed by atoms with Crippen LogP contribution < -0.4 is 10.1 Å². The van der Waals surface area contributed by atoms with Gasteiger partial charge in [-0.3, -0.25) is 4.79 Å². The molecule has 0 heterocycles. The monoisotopic (exact) mass is 325 g/mol. The Kier molecular flexibility index (Phi) is 5.59. The molecule has 0 aliphatic heterocycles. The number of alkyl halides is 3. The second kappa shape index (κ2) is 6.79. The Hall–Kier alpha value is -1.77. The van der Waals surface area contributed by atoms with Crippen LogP contribution in [0.2, 0.25) is 0 Å². The molecule has 0 atom stereocenters. The SMILES string of the molecule is CS(=O)(=O)CCNC(=O)COc1ccc(C(F)(F)F)cc1. The summed E-state index contributed by atoms with van der Waals surface area (Å²) in [4.78, 5) is 11.3. The van der Waals surface area contributed by atoms with Gasteiger partial charge in [0.2, 0.25) is 0 Å².